The Morgan fingerprint density at radius 3 is 2.48 bits per heavy atom. The van der Waals surface area contributed by atoms with E-state index in [0.29, 0.717) is 6.61 Å². The van der Waals surface area contributed by atoms with Crippen molar-refractivity contribution < 1.29 is 18.7 Å². The molecule has 1 aliphatic rings. The Hall–Kier alpha value is -1.46. The second kappa shape index (κ2) is 7.52. The van der Waals surface area contributed by atoms with Crippen molar-refractivity contribution in [1.82, 2.24) is 4.90 Å². The predicted molar refractivity (Wildman–Crippen MR) is 77.4 cm³/mol. The highest BCUT2D eigenvalue weighted by molar-refractivity contribution is 5.77. The molecule has 21 heavy (non-hydrogen) atoms. The fourth-order valence-electron chi connectivity index (χ4n) is 2.79. The monoisotopic (exact) mass is 295 g/mol. The van der Waals surface area contributed by atoms with Crippen molar-refractivity contribution in [2.75, 3.05) is 26.8 Å². The average Bonchev–Trinajstić information content (AvgIpc) is 2.51. The summed E-state index contributed by atoms with van der Waals surface area (Å²) in [5, 5.41) is 0. The van der Waals surface area contributed by atoms with Crippen LogP contribution >= 0.6 is 0 Å². The first-order valence-corrected chi connectivity index (χ1v) is 7.34. The SMILES string of the molecule is CCOC1CCN([C@H](C(=O)OC)c2ccc(F)cc2)CC1. The summed E-state index contributed by atoms with van der Waals surface area (Å²) in [6, 6.07) is 5.56. The van der Waals surface area contributed by atoms with Gasteiger partial charge in [0, 0.05) is 19.7 Å². The smallest absolute Gasteiger partial charge is 0.327 e. The Morgan fingerprint density at radius 1 is 1.33 bits per heavy atom. The van der Waals surface area contributed by atoms with Crippen LogP contribution in [0.5, 0.6) is 0 Å². The number of nitrogens with zero attached hydrogens (tertiary/aromatic N) is 1. The summed E-state index contributed by atoms with van der Waals surface area (Å²) in [6.07, 6.45) is 2.04. The van der Waals surface area contributed by atoms with Crippen LogP contribution in [0.3, 0.4) is 0 Å². The van der Waals surface area contributed by atoms with Gasteiger partial charge in [0.15, 0.2) is 0 Å². The van der Waals surface area contributed by atoms with Crippen LogP contribution in [0.4, 0.5) is 4.39 Å². The fourth-order valence-corrected chi connectivity index (χ4v) is 2.79. The van der Waals surface area contributed by atoms with Crippen LogP contribution in [-0.2, 0) is 14.3 Å². The Bertz CT molecular complexity index is 455. The molecule has 0 saturated carbocycles. The fraction of sp³-hybridized carbons (Fsp3) is 0.562. The number of halogens is 1. The summed E-state index contributed by atoms with van der Waals surface area (Å²) in [5.41, 5.74) is 0.762. The number of carbonyl (C=O) groups excluding carboxylic acids is 1. The van der Waals surface area contributed by atoms with E-state index in [1.807, 2.05) is 6.92 Å². The summed E-state index contributed by atoms with van der Waals surface area (Å²) in [4.78, 5) is 14.2. The molecular weight excluding hydrogens is 273 g/mol. The number of hydrogen-bond acceptors (Lipinski definition) is 4. The summed E-state index contributed by atoms with van der Waals surface area (Å²) in [7, 11) is 1.38. The molecule has 0 radical (unpaired) electrons. The Morgan fingerprint density at radius 2 is 1.95 bits per heavy atom. The molecule has 4 nitrogen and oxygen atoms in total. The number of carbonyl (C=O) groups is 1. The van der Waals surface area contributed by atoms with Gasteiger partial charge >= 0.3 is 5.97 Å². The third-order valence-electron chi connectivity index (χ3n) is 3.85. The highest BCUT2D eigenvalue weighted by atomic mass is 19.1. The number of methoxy groups -OCH3 is 1. The van der Waals surface area contributed by atoms with E-state index < -0.39 is 6.04 Å². The van der Waals surface area contributed by atoms with Gasteiger partial charge in [0.2, 0.25) is 0 Å². The third kappa shape index (κ3) is 4.02. The van der Waals surface area contributed by atoms with Crippen molar-refractivity contribution >= 4 is 5.97 Å². The first kappa shape index (κ1) is 15.9. The van der Waals surface area contributed by atoms with E-state index in [2.05, 4.69) is 4.90 Å². The maximum absolute atomic E-state index is 13.1. The van der Waals surface area contributed by atoms with Crippen molar-refractivity contribution in [3.63, 3.8) is 0 Å². The molecule has 1 heterocycles. The van der Waals surface area contributed by atoms with Crippen molar-refractivity contribution in [3.05, 3.63) is 35.6 Å². The van der Waals surface area contributed by atoms with Gasteiger partial charge in [0.25, 0.3) is 0 Å². The summed E-state index contributed by atoms with van der Waals surface area (Å²) in [5.74, 6) is -0.617. The highest BCUT2D eigenvalue weighted by Crippen LogP contribution is 2.27. The number of likely N-dealkylation sites (tertiary alicyclic amines) is 1. The second-order valence-electron chi connectivity index (χ2n) is 5.17. The van der Waals surface area contributed by atoms with E-state index >= 15 is 0 Å². The van der Waals surface area contributed by atoms with Gasteiger partial charge in [0.1, 0.15) is 11.9 Å². The first-order valence-electron chi connectivity index (χ1n) is 7.34. The van der Waals surface area contributed by atoms with Crippen LogP contribution in [0.2, 0.25) is 0 Å². The van der Waals surface area contributed by atoms with Crippen molar-refractivity contribution in [3.8, 4) is 0 Å². The van der Waals surface area contributed by atoms with Crippen LogP contribution < -0.4 is 0 Å². The lowest BCUT2D eigenvalue weighted by molar-refractivity contribution is -0.148. The molecule has 1 aromatic rings. The zero-order valence-corrected chi connectivity index (χ0v) is 12.5. The number of piperidine rings is 1. The van der Waals surface area contributed by atoms with Crippen molar-refractivity contribution in [1.29, 1.82) is 0 Å². The van der Waals surface area contributed by atoms with E-state index in [0.717, 1.165) is 31.5 Å². The number of rotatable bonds is 5. The zero-order valence-electron chi connectivity index (χ0n) is 12.5. The predicted octanol–water partition coefficient (Wildman–Crippen LogP) is 2.54. The molecule has 0 amide bonds. The van der Waals surface area contributed by atoms with Crippen molar-refractivity contribution in [2.45, 2.75) is 31.9 Å². The van der Waals surface area contributed by atoms with Crippen LogP contribution in [0.1, 0.15) is 31.4 Å². The zero-order chi connectivity index (χ0) is 15.2. The summed E-state index contributed by atoms with van der Waals surface area (Å²) >= 11 is 0. The number of ether oxygens (including phenoxy) is 2. The van der Waals surface area contributed by atoms with Crippen LogP contribution in [0.25, 0.3) is 0 Å². The minimum atomic E-state index is -0.474. The van der Waals surface area contributed by atoms with Gasteiger partial charge in [-0.25, -0.2) is 9.18 Å². The molecule has 0 aliphatic carbocycles. The van der Waals surface area contributed by atoms with E-state index in [9.17, 15) is 9.18 Å². The topological polar surface area (TPSA) is 38.8 Å². The molecule has 0 N–H and O–H groups in total. The van der Waals surface area contributed by atoms with Gasteiger partial charge < -0.3 is 9.47 Å². The van der Waals surface area contributed by atoms with Gasteiger partial charge in [-0.3, -0.25) is 4.90 Å². The third-order valence-corrected chi connectivity index (χ3v) is 3.85. The summed E-state index contributed by atoms with van der Waals surface area (Å²) in [6.45, 7) is 4.23. The first-order chi connectivity index (χ1) is 10.2. The lowest BCUT2D eigenvalue weighted by atomic mass is 10.0. The number of benzene rings is 1. The van der Waals surface area contributed by atoms with Crippen LogP contribution in [0, 0.1) is 5.82 Å². The second-order valence-corrected chi connectivity index (χ2v) is 5.17. The maximum atomic E-state index is 13.1. The van der Waals surface area contributed by atoms with Crippen LogP contribution in [-0.4, -0.2) is 43.8 Å². The molecule has 1 atom stereocenters. The molecule has 1 aromatic carbocycles. The summed E-state index contributed by atoms with van der Waals surface area (Å²) < 4.78 is 23.6. The molecular formula is C16H22FNO3. The molecule has 2 rings (SSSR count). The molecule has 1 fully saturated rings. The standard InChI is InChI=1S/C16H22FNO3/c1-3-21-14-8-10-18(11-9-14)15(16(19)20-2)12-4-6-13(17)7-5-12/h4-7,14-15H,3,8-11H2,1-2H3/t15-/m0/s1. The van der Waals surface area contributed by atoms with Gasteiger partial charge in [-0.2, -0.15) is 0 Å². The van der Waals surface area contributed by atoms with E-state index in [4.69, 9.17) is 9.47 Å². The molecule has 0 unspecified atom stereocenters. The maximum Gasteiger partial charge on any atom is 0.327 e. The van der Waals surface area contributed by atoms with Gasteiger partial charge in [-0.1, -0.05) is 12.1 Å². The quantitative estimate of drug-likeness (QED) is 0.783. The Balaban J connectivity index is 2.10. The molecule has 0 aromatic heterocycles. The minimum Gasteiger partial charge on any atom is -0.468 e. The molecule has 1 saturated heterocycles. The van der Waals surface area contributed by atoms with Gasteiger partial charge in [-0.05, 0) is 37.5 Å². The largest absolute Gasteiger partial charge is 0.468 e. The minimum absolute atomic E-state index is 0.262. The molecule has 0 spiro atoms. The number of hydrogen-bond donors (Lipinski definition) is 0. The van der Waals surface area contributed by atoms with Gasteiger partial charge in [-0.15, -0.1) is 0 Å². The lowest BCUT2D eigenvalue weighted by Gasteiger charge is -2.36. The van der Waals surface area contributed by atoms with Crippen LogP contribution in [0.15, 0.2) is 24.3 Å². The van der Waals surface area contributed by atoms with Gasteiger partial charge in [0.05, 0.1) is 13.2 Å². The molecule has 0 bridgehead atoms. The normalized spacial score (nSPS) is 18.4. The average molecular weight is 295 g/mol. The number of esters is 1. The molecule has 5 heteroatoms. The molecule has 1 aliphatic heterocycles. The Kier molecular flexibility index (Phi) is 5.70. The van der Waals surface area contributed by atoms with E-state index in [-0.39, 0.29) is 17.9 Å². The molecule has 116 valence electrons. The van der Waals surface area contributed by atoms with Crippen molar-refractivity contribution in [2.24, 2.45) is 0 Å². The van der Waals surface area contributed by atoms with E-state index in [1.54, 1.807) is 12.1 Å². The highest BCUT2D eigenvalue weighted by Gasteiger charge is 2.31. The Labute approximate surface area is 124 Å². The lowest BCUT2D eigenvalue weighted by Crippen LogP contribution is -2.42. The van der Waals surface area contributed by atoms with E-state index in [1.165, 1.54) is 19.2 Å².